The Hall–Kier alpha value is -0.690. The van der Waals surface area contributed by atoms with Crippen LogP contribution in [-0.2, 0) is 14.3 Å². The number of nitrogens with two attached hydrogens (primary N) is 1. The summed E-state index contributed by atoms with van der Waals surface area (Å²) >= 11 is 0. The smallest absolute Gasteiger partial charge is 0.237 e. The summed E-state index contributed by atoms with van der Waals surface area (Å²) in [4.78, 5) is 13.9. The molecule has 21 heavy (non-hydrogen) atoms. The molecule has 0 rings (SSSR count). The van der Waals surface area contributed by atoms with E-state index in [1.54, 1.807) is 0 Å². The van der Waals surface area contributed by atoms with Crippen LogP contribution in [-0.4, -0.2) is 69.0 Å². The molecule has 126 valence electrons. The molecule has 0 bridgehead atoms. The maximum absolute atomic E-state index is 11.6. The zero-order chi connectivity index (χ0) is 16.1. The molecule has 6 nitrogen and oxygen atoms in total. The number of nitrogens with zero attached hydrogens (tertiary/aromatic N) is 1. The molecule has 0 aromatic heterocycles. The lowest BCUT2D eigenvalue weighted by Gasteiger charge is -2.30. The first-order chi connectivity index (χ1) is 10.00. The maximum Gasteiger partial charge on any atom is 0.237 e. The van der Waals surface area contributed by atoms with E-state index in [2.05, 4.69) is 10.2 Å². The average Bonchev–Trinajstić information content (AvgIpc) is 2.44. The van der Waals surface area contributed by atoms with Crippen LogP contribution in [0.25, 0.3) is 0 Å². The van der Waals surface area contributed by atoms with Crippen molar-refractivity contribution in [1.29, 1.82) is 0 Å². The highest BCUT2D eigenvalue weighted by Gasteiger charge is 2.30. The molecule has 0 aliphatic carbocycles. The Morgan fingerprint density at radius 2 is 1.62 bits per heavy atom. The number of carbonyl (C=O) groups excluding carboxylic acids is 1. The molecule has 0 heterocycles. The van der Waals surface area contributed by atoms with Gasteiger partial charge in [0.25, 0.3) is 0 Å². The Balaban J connectivity index is 4.37. The monoisotopic (exact) mass is 303 g/mol. The molecule has 0 spiro atoms. The molecule has 0 aliphatic rings. The highest BCUT2D eigenvalue weighted by Crippen LogP contribution is 2.10. The fourth-order valence-corrected chi connectivity index (χ4v) is 2.08. The molecule has 1 atom stereocenters. The normalized spacial score (nSPS) is 14.3. The summed E-state index contributed by atoms with van der Waals surface area (Å²) in [7, 11) is 0. The SMILES string of the molecule is CCNC(C)(CCN(CCOCC)CCOCC)C(N)=O. The van der Waals surface area contributed by atoms with Crippen LogP contribution in [0, 0.1) is 0 Å². The van der Waals surface area contributed by atoms with Crippen LogP contribution in [0.3, 0.4) is 0 Å². The Morgan fingerprint density at radius 3 is 2.00 bits per heavy atom. The third kappa shape index (κ3) is 9.03. The van der Waals surface area contributed by atoms with E-state index in [0.717, 1.165) is 39.4 Å². The van der Waals surface area contributed by atoms with Crippen molar-refractivity contribution in [3.63, 3.8) is 0 Å². The van der Waals surface area contributed by atoms with Crippen molar-refractivity contribution in [3.05, 3.63) is 0 Å². The van der Waals surface area contributed by atoms with E-state index in [1.807, 2.05) is 27.7 Å². The zero-order valence-electron chi connectivity index (χ0n) is 14.1. The van der Waals surface area contributed by atoms with Gasteiger partial charge >= 0.3 is 0 Å². The number of hydrogen-bond donors (Lipinski definition) is 2. The fourth-order valence-electron chi connectivity index (χ4n) is 2.08. The Kier molecular flexibility index (Phi) is 11.5. The molecule has 0 aromatic rings. The summed E-state index contributed by atoms with van der Waals surface area (Å²) in [6, 6.07) is 0. The van der Waals surface area contributed by atoms with Gasteiger partial charge in [-0.3, -0.25) is 9.69 Å². The van der Waals surface area contributed by atoms with Gasteiger partial charge in [0, 0.05) is 32.8 Å². The molecule has 0 fully saturated rings. The van der Waals surface area contributed by atoms with E-state index in [0.29, 0.717) is 19.6 Å². The van der Waals surface area contributed by atoms with Crippen LogP contribution in [0.15, 0.2) is 0 Å². The summed E-state index contributed by atoms with van der Waals surface area (Å²) in [5, 5.41) is 3.18. The van der Waals surface area contributed by atoms with Gasteiger partial charge in [-0.2, -0.15) is 0 Å². The van der Waals surface area contributed by atoms with Gasteiger partial charge in [0.2, 0.25) is 5.91 Å². The highest BCUT2D eigenvalue weighted by atomic mass is 16.5. The number of carbonyl (C=O) groups is 1. The quantitative estimate of drug-likeness (QED) is 0.460. The van der Waals surface area contributed by atoms with Crippen LogP contribution < -0.4 is 11.1 Å². The molecule has 0 radical (unpaired) electrons. The molecule has 0 saturated heterocycles. The first-order valence-electron chi connectivity index (χ1n) is 7.92. The third-order valence-electron chi connectivity index (χ3n) is 3.55. The van der Waals surface area contributed by atoms with Gasteiger partial charge in [0.1, 0.15) is 0 Å². The summed E-state index contributed by atoms with van der Waals surface area (Å²) in [6.07, 6.45) is 0.675. The van der Waals surface area contributed by atoms with Gasteiger partial charge < -0.3 is 20.5 Å². The lowest BCUT2D eigenvalue weighted by molar-refractivity contribution is -0.124. The van der Waals surface area contributed by atoms with Crippen molar-refractivity contribution in [2.45, 2.75) is 39.7 Å². The standard InChI is InChI=1S/C15H33N3O3/c1-5-17-15(4,14(16)19)8-9-18(10-12-20-6-2)11-13-21-7-3/h17H,5-13H2,1-4H3,(H2,16,19). The predicted molar refractivity (Wildman–Crippen MR) is 85.3 cm³/mol. The molecule has 0 aliphatic heterocycles. The molecule has 0 aromatic carbocycles. The number of hydrogen-bond acceptors (Lipinski definition) is 5. The van der Waals surface area contributed by atoms with E-state index in [9.17, 15) is 4.79 Å². The van der Waals surface area contributed by atoms with Crippen LogP contribution in [0.4, 0.5) is 0 Å². The Labute approximate surface area is 129 Å². The van der Waals surface area contributed by atoms with Crippen LogP contribution in [0.2, 0.25) is 0 Å². The largest absolute Gasteiger partial charge is 0.380 e. The summed E-state index contributed by atoms with van der Waals surface area (Å²) in [5.41, 5.74) is 4.85. The zero-order valence-corrected chi connectivity index (χ0v) is 14.1. The average molecular weight is 303 g/mol. The Bertz CT molecular complexity index is 267. The highest BCUT2D eigenvalue weighted by molar-refractivity contribution is 5.84. The van der Waals surface area contributed by atoms with Crippen molar-refractivity contribution in [2.24, 2.45) is 5.73 Å². The van der Waals surface area contributed by atoms with E-state index in [-0.39, 0.29) is 5.91 Å². The molecule has 0 saturated carbocycles. The predicted octanol–water partition coefficient (Wildman–Crippen LogP) is 0.605. The first-order valence-corrected chi connectivity index (χ1v) is 7.92. The van der Waals surface area contributed by atoms with Crippen molar-refractivity contribution in [2.75, 3.05) is 52.6 Å². The molecular weight excluding hydrogens is 270 g/mol. The lowest BCUT2D eigenvalue weighted by atomic mass is 9.96. The summed E-state index contributed by atoms with van der Waals surface area (Å²) in [5.74, 6) is -0.307. The Morgan fingerprint density at radius 1 is 1.10 bits per heavy atom. The summed E-state index contributed by atoms with van der Waals surface area (Å²) < 4.78 is 10.8. The van der Waals surface area contributed by atoms with Gasteiger partial charge in [-0.25, -0.2) is 0 Å². The van der Waals surface area contributed by atoms with Gasteiger partial charge in [-0.15, -0.1) is 0 Å². The molecule has 3 N–H and O–H groups in total. The van der Waals surface area contributed by atoms with Crippen molar-refractivity contribution < 1.29 is 14.3 Å². The van der Waals surface area contributed by atoms with Gasteiger partial charge in [0.15, 0.2) is 0 Å². The van der Waals surface area contributed by atoms with Crippen molar-refractivity contribution in [1.82, 2.24) is 10.2 Å². The van der Waals surface area contributed by atoms with Crippen LogP contribution in [0.1, 0.15) is 34.1 Å². The topological polar surface area (TPSA) is 76.8 Å². The van der Waals surface area contributed by atoms with Gasteiger partial charge in [-0.05, 0) is 33.7 Å². The molecule has 1 amide bonds. The van der Waals surface area contributed by atoms with E-state index < -0.39 is 5.54 Å². The number of likely N-dealkylation sites (N-methyl/N-ethyl adjacent to an activating group) is 1. The second kappa shape index (κ2) is 11.9. The second-order valence-corrected chi connectivity index (χ2v) is 5.21. The third-order valence-corrected chi connectivity index (χ3v) is 3.55. The maximum atomic E-state index is 11.6. The number of ether oxygens (including phenoxy) is 2. The fraction of sp³-hybridized carbons (Fsp3) is 0.933. The van der Waals surface area contributed by atoms with Gasteiger partial charge in [-0.1, -0.05) is 6.92 Å². The van der Waals surface area contributed by atoms with Crippen LogP contribution in [0.5, 0.6) is 0 Å². The number of amides is 1. The lowest BCUT2D eigenvalue weighted by Crippen LogP contribution is -2.54. The number of nitrogens with one attached hydrogen (secondary N) is 1. The summed E-state index contributed by atoms with van der Waals surface area (Å²) in [6.45, 7) is 13.8. The van der Waals surface area contributed by atoms with E-state index in [4.69, 9.17) is 15.2 Å². The van der Waals surface area contributed by atoms with Crippen molar-refractivity contribution >= 4 is 5.91 Å². The second-order valence-electron chi connectivity index (χ2n) is 5.21. The minimum atomic E-state index is -0.662. The number of primary amides is 1. The van der Waals surface area contributed by atoms with Gasteiger partial charge in [0.05, 0.1) is 18.8 Å². The van der Waals surface area contributed by atoms with E-state index >= 15 is 0 Å². The molecular formula is C15H33N3O3. The number of rotatable bonds is 14. The minimum absolute atomic E-state index is 0.307. The molecule has 1 unspecified atom stereocenters. The first kappa shape index (κ1) is 20.3. The van der Waals surface area contributed by atoms with E-state index in [1.165, 1.54) is 0 Å². The minimum Gasteiger partial charge on any atom is -0.380 e. The van der Waals surface area contributed by atoms with Crippen LogP contribution >= 0.6 is 0 Å². The van der Waals surface area contributed by atoms with Crippen molar-refractivity contribution in [3.8, 4) is 0 Å². The molecule has 6 heteroatoms.